The van der Waals surface area contributed by atoms with Crippen LogP contribution in [0.1, 0.15) is 39.9 Å². The van der Waals surface area contributed by atoms with E-state index in [1.165, 1.54) is 11.1 Å². The molecule has 0 atom stereocenters. The molecule has 2 heteroatoms. The Morgan fingerprint density at radius 1 is 1.12 bits per heavy atom. The lowest BCUT2D eigenvalue weighted by atomic mass is 9.86. The minimum Gasteiger partial charge on any atom is -0.317 e. The first kappa shape index (κ1) is 12.3. The summed E-state index contributed by atoms with van der Waals surface area (Å²) >= 11 is 0. The minimum absolute atomic E-state index is 0.219. The number of carbonyl (C=O) groups is 1. The van der Waals surface area contributed by atoms with Crippen molar-refractivity contribution in [2.45, 2.75) is 33.6 Å². The normalized spacial score (nSPS) is 17.1. The highest BCUT2D eigenvalue weighted by atomic mass is 16.1. The average molecular weight is 231 g/mol. The SMILES string of the molecule is Cc1ccc(C(=O)C2CCNCC2)c(C)c1C. The molecule has 92 valence electrons. The summed E-state index contributed by atoms with van der Waals surface area (Å²) in [6, 6.07) is 4.07. The van der Waals surface area contributed by atoms with Crippen LogP contribution >= 0.6 is 0 Å². The fraction of sp³-hybridized carbons (Fsp3) is 0.533. The number of benzene rings is 1. The molecule has 1 heterocycles. The summed E-state index contributed by atoms with van der Waals surface area (Å²) in [7, 11) is 0. The summed E-state index contributed by atoms with van der Waals surface area (Å²) < 4.78 is 0. The standard InChI is InChI=1S/C15H21NO/c1-10-4-5-14(12(3)11(10)2)15(17)13-6-8-16-9-7-13/h4-5,13,16H,6-9H2,1-3H3. The van der Waals surface area contributed by atoms with E-state index in [1.807, 2.05) is 6.07 Å². The van der Waals surface area contributed by atoms with Crippen molar-refractivity contribution >= 4 is 5.78 Å². The van der Waals surface area contributed by atoms with E-state index < -0.39 is 0 Å². The van der Waals surface area contributed by atoms with Crippen LogP contribution < -0.4 is 5.32 Å². The van der Waals surface area contributed by atoms with Gasteiger partial charge < -0.3 is 5.32 Å². The highest BCUT2D eigenvalue weighted by Crippen LogP contribution is 2.23. The number of nitrogens with one attached hydrogen (secondary N) is 1. The Morgan fingerprint density at radius 2 is 1.76 bits per heavy atom. The zero-order chi connectivity index (χ0) is 12.4. The third kappa shape index (κ3) is 2.42. The monoisotopic (exact) mass is 231 g/mol. The molecular weight excluding hydrogens is 210 g/mol. The Kier molecular flexibility index (Phi) is 3.63. The van der Waals surface area contributed by atoms with Crippen molar-refractivity contribution in [3.8, 4) is 0 Å². The molecular formula is C15H21NO. The van der Waals surface area contributed by atoms with Crippen molar-refractivity contribution in [2.75, 3.05) is 13.1 Å². The number of rotatable bonds is 2. The second kappa shape index (κ2) is 5.01. The summed E-state index contributed by atoms with van der Waals surface area (Å²) in [6.07, 6.45) is 1.95. The molecule has 0 radical (unpaired) electrons. The van der Waals surface area contributed by atoms with Gasteiger partial charge in [0.25, 0.3) is 0 Å². The first-order valence-electron chi connectivity index (χ1n) is 6.43. The van der Waals surface area contributed by atoms with E-state index in [9.17, 15) is 4.79 Å². The minimum atomic E-state index is 0.219. The molecule has 0 amide bonds. The van der Waals surface area contributed by atoms with Crippen LogP contribution in [-0.4, -0.2) is 18.9 Å². The summed E-state index contributed by atoms with van der Waals surface area (Å²) in [4.78, 5) is 12.5. The molecule has 0 aliphatic carbocycles. The Bertz CT molecular complexity index is 431. The maximum atomic E-state index is 12.5. The van der Waals surface area contributed by atoms with E-state index in [2.05, 4.69) is 32.2 Å². The smallest absolute Gasteiger partial charge is 0.166 e. The van der Waals surface area contributed by atoms with Crippen LogP contribution in [0.15, 0.2) is 12.1 Å². The molecule has 0 unspecified atom stereocenters. The van der Waals surface area contributed by atoms with Crippen molar-refractivity contribution in [1.82, 2.24) is 5.32 Å². The van der Waals surface area contributed by atoms with Crippen molar-refractivity contribution in [3.63, 3.8) is 0 Å². The predicted octanol–water partition coefficient (Wildman–Crippen LogP) is 2.79. The van der Waals surface area contributed by atoms with Gasteiger partial charge in [-0.2, -0.15) is 0 Å². The lowest BCUT2D eigenvalue weighted by molar-refractivity contribution is 0.0894. The largest absolute Gasteiger partial charge is 0.317 e. The molecule has 1 aromatic rings. The molecule has 0 saturated carbocycles. The highest BCUT2D eigenvalue weighted by molar-refractivity contribution is 5.99. The summed E-state index contributed by atoms with van der Waals surface area (Å²) in [5.41, 5.74) is 4.61. The summed E-state index contributed by atoms with van der Waals surface area (Å²) in [5, 5.41) is 3.30. The van der Waals surface area contributed by atoms with Gasteiger partial charge in [-0.3, -0.25) is 4.79 Å². The zero-order valence-electron chi connectivity index (χ0n) is 11.0. The zero-order valence-corrected chi connectivity index (χ0v) is 11.0. The molecule has 1 aromatic carbocycles. The Morgan fingerprint density at radius 3 is 2.41 bits per heavy atom. The summed E-state index contributed by atoms with van der Waals surface area (Å²) in [6.45, 7) is 8.21. The van der Waals surface area contributed by atoms with Gasteiger partial charge in [0, 0.05) is 11.5 Å². The number of ketones is 1. The van der Waals surface area contributed by atoms with Gasteiger partial charge in [-0.1, -0.05) is 12.1 Å². The van der Waals surface area contributed by atoms with Gasteiger partial charge in [0.15, 0.2) is 5.78 Å². The van der Waals surface area contributed by atoms with Gasteiger partial charge in [-0.25, -0.2) is 0 Å². The average Bonchev–Trinajstić information content (AvgIpc) is 2.36. The first-order valence-corrected chi connectivity index (χ1v) is 6.43. The molecule has 0 bridgehead atoms. The van der Waals surface area contributed by atoms with E-state index in [-0.39, 0.29) is 5.92 Å². The van der Waals surface area contributed by atoms with Gasteiger partial charge >= 0.3 is 0 Å². The first-order chi connectivity index (χ1) is 8.11. The Balaban J connectivity index is 2.27. The van der Waals surface area contributed by atoms with E-state index in [0.29, 0.717) is 5.78 Å². The van der Waals surface area contributed by atoms with Crippen LogP contribution in [0.3, 0.4) is 0 Å². The van der Waals surface area contributed by atoms with Crippen LogP contribution in [-0.2, 0) is 0 Å². The van der Waals surface area contributed by atoms with Crippen molar-refractivity contribution in [3.05, 3.63) is 34.4 Å². The topological polar surface area (TPSA) is 29.1 Å². The number of hydrogen-bond donors (Lipinski definition) is 1. The fourth-order valence-corrected chi connectivity index (χ4v) is 2.53. The quantitative estimate of drug-likeness (QED) is 0.793. The fourth-order valence-electron chi connectivity index (χ4n) is 2.53. The highest BCUT2D eigenvalue weighted by Gasteiger charge is 2.23. The Hall–Kier alpha value is -1.15. The predicted molar refractivity (Wildman–Crippen MR) is 70.6 cm³/mol. The van der Waals surface area contributed by atoms with E-state index in [4.69, 9.17) is 0 Å². The summed E-state index contributed by atoms with van der Waals surface area (Å²) in [5.74, 6) is 0.559. The van der Waals surface area contributed by atoms with Crippen LogP contribution in [0.25, 0.3) is 0 Å². The maximum absolute atomic E-state index is 12.5. The van der Waals surface area contributed by atoms with Crippen molar-refractivity contribution in [1.29, 1.82) is 0 Å². The van der Waals surface area contributed by atoms with Crippen molar-refractivity contribution < 1.29 is 4.79 Å². The third-order valence-corrected chi connectivity index (χ3v) is 4.03. The molecule has 17 heavy (non-hydrogen) atoms. The molecule has 1 N–H and O–H groups in total. The van der Waals surface area contributed by atoms with Crippen LogP contribution in [0.2, 0.25) is 0 Å². The number of piperidine rings is 1. The Labute approximate surface area is 103 Å². The van der Waals surface area contributed by atoms with E-state index in [0.717, 1.165) is 37.1 Å². The number of Topliss-reactive ketones (excluding diaryl/α,β-unsaturated/α-hetero) is 1. The molecule has 2 nitrogen and oxygen atoms in total. The number of carbonyl (C=O) groups excluding carboxylic acids is 1. The van der Waals surface area contributed by atoms with E-state index in [1.54, 1.807) is 0 Å². The lowest BCUT2D eigenvalue weighted by Gasteiger charge is -2.22. The van der Waals surface area contributed by atoms with Gasteiger partial charge in [-0.15, -0.1) is 0 Å². The second-order valence-electron chi connectivity index (χ2n) is 5.07. The van der Waals surface area contributed by atoms with Crippen LogP contribution in [0, 0.1) is 26.7 Å². The third-order valence-electron chi connectivity index (χ3n) is 4.03. The lowest BCUT2D eigenvalue weighted by Crippen LogP contribution is -2.32. The second-order valence-corrected chi connectivity index (χ2v) is 5.07. The molecule has 1 aliphatic heterocycles. The number of aryl methyl sites for hydroxylation is 1. The van der Waals surface area contributed by atoms with Gasteiger partial charge in [0.05, 0.1) is 0 Å². The molecule has 0 aromatic heterocycles. The molecule has 1 fully saturated rings. The molecule has 1 saturated heterocycles. The van der Waals surface area contributed by atoms with Gasteiger partial charge in [-0.05, 0) is 63.4 Å². The number of hydrogen-bond acceptors (Lipinski definition) is 2. The van der Waals surface area contributed by atoms with Gasteiger partial charge in [0.1, 0.15) is 0 Å². The van der Waals surface area contributed by atoms with Crippen LogP contribution in [0.5, 0.6) is 0 Å². The van der Waals surface area contributed by atoms with Crippen LogP contribution in [0.4, 0.5) is 0 Å². The van der Waals surface area contributed by atoms with E-state index >= 15 is 0 Å². The van der Waals surface area contributed by atoms with Gasteiger partial charge in [0.2, 0.25) is 0 Å². The molecule has 0 spiro atoms. The maximum Gasteiger partial charge on any atom is 0.166 e. The molecule has 2 rings (SSSR count). The van der Waals surface area contributed by atoms with Crippen molar-refractivity contribution in [2.24, 2.45) is 5.92 Å². The molecule has 1 aliphatic rings.